The topological polar surface area (TPSA) is 251 Å². The molecule has 8 aliphatic carbocycles. The van der Waals surface area contributed by atoms with Crippen LogP contribution in [0.4, 0.5) is 8.78 Å². The molecule has 0 aromatic rings. The molecule has 6 saturated carbocycles. The Hall–Kier alpha value is -2.40. The Bertz CT molecular complexity index is 2130. The summed E-state index contributed by atoms with van der Waals surface area (Å²) in [6.45, 7) is 6.77. The molecule has 0 aromatic heterocycles. The predicted octanol–water partition coefficient (Wildman–Crippen LogP) is 5.07. The summed E-state index contributed by atoms with van der Waals surface area (Å²) >= 11 is 0. The highest BCUT2D eigenvalue weighted by Crippen LogP contribution is 2.73. The van der Waals surface area contributed by atoms with Crippen LogP contribution < -0.4 is 0 Å². The van der Waals surface area contributed by atoms with E-state index in [-0.39, 0.29) is 50.1 Å². The van der Waals surface area contributed by atoms with Gasteiger partial charge in [0.1, 0.15) is 24.4 Å². The average Bonchev–Trinajstić information content (AvgIpc) is 3.52. The molecule has 19 heteroatoms. The fourth-order valence-electron chi connectivity index (χ4n) is 15.0. The van der Waals surface area contributed by atoms with E-state index in [0.29, 0.717) is 24.0 Å². The second-order valence-corrected chi connectivity index (χ2v) is 23.8. The Labute approximate surface area is 364 Å². The Morgan fingerprint density at radius 1 is 0.683 bits per heavy atom. The maximum Gasteiger partial charge on any atom is 0.481 e. The van der Waals surface area contributed by atoms with Crippen molar-refractivity contribution in [2.45, 2.75) is 128 Å². The number of fused-ring (bicyclic) bond motifs is 10. The largest absolute Gasteiger partial charge is 0.481 e. The monoisotopic (exact) mass is 926 g/mol. The van der Waals surface area contributed by atoms with E-state index >= 15 is 8.78 Å². The third kappa shape index (κ3) is 6.13. The van der Waals surface area contributed by atoms with Crippen molar-refractivity contribution in [2.75, 3.05) is 13.2 Å². The predicted molar refractivity (Wildman–Crippen MR) is 218 cm³/mol. The summed E-state index contributed by atoms with van der Waals surface area (Å²) in [5.41, 5.74) is -13.7. The number of allylic oxidation sites excluding steroid dienone is 8. The molecular weight excluding hydrogens is 868 g/mol. The number of ketones is 4. The number of carbonyl (C=O) groups excluding carboxylic acids is 4. The van der Waals surface area contributed by atoms with Crippen molar-refractivity contribution >= 4 is 38.8 Å². The highest BCUT2D eigenvalue weighted by Gasteiger charge is 2.77. The van der Waals surface area contributed by atoms with Gasteiger partial charge in [-0.2, -0.15) is 4.31 Å². The number of alkyl halides is 2. The van der Waals surface area contributed by atoms with Gasteiger partial charge in [-0.15, -0.1) is 0 Å². The van der Waals surface area contributed by atoms with Crippen molar-refractivity contribution < 1.29 is 80.7 Å². The van der Waals surface area contributed by atoms with E-state index in [2.05, 4.69) is 4.31 Å². The van der Waals surface area contributed by atoms with Crippen LogP contribution in [0, 0.1) is 57.2 Å². The van der Waals surface area contributed by atoms with E-state index in [1.54, 1.807) is 41.5 Å². The summed E-state index contributed by atoms with van der Waals surface area (Å²) in [5.74, 6) is -7.62. The molecule has 0 spiro atoms. The lowest BCUT2D eigenvalue weighted by Gasteiger charge is -2.62. The number of hydrogen-bond acceptors (Lipinski definition) is 13. The Balaban J connectivity index is 0.930. The van der Waals surface area contributed by atoms with Crippen LogP contribution in [0.1, 0.15) is 92.9 Å². The zero-order valence-electron chi connectivity index (χ0n) is 36.2. The molecule has 0 saturated heterocycles. The number of Topliss-reactive ketones (excluding diaryl/α,β-unsaturated/α-hetero) is 2. The van der Waals surface area contributed by atoms with Crippen molar-refractivity contribution in [1.29, 1.82) is 0 Å². The van der Waals surface area contributed by atoms with Gasteiger partial charge >= 0.3 is 15.6 Å². The summed E-state index contributed by atoms with van der Waals surface area (Å²) in [6, 6.07) is 0. The molecule has 0 heterocycles. The molecule has 0 bridgehead atoms. The van der Waals surface area contributed by atoms with Gasteiger partial charge in [0.2, 0.25) is 0 Å². The summed E-state index contributed by atoms with van der Waals surface area (Å²) in [5, 5.41) is 47.6. The molecule has 2 unspecified atom stereocenters. The van der Waals surface area contributed by atoms with E-state index in [1.807, 2.05) is 0 Å². The molecule has 6 N–H and O–H groups in total. The van der Waals surface area contributed by atoms with Crippen molar-refractivity contribution in [2.24, 2.45) is 57.2 Å². The first-order valence-electron chi connectivity index (χ1n) is 21.7. The average molecular weight is 927 g/mol. The first kappa shape index (κ1) is 47.1. The lowest BCUT2D eigenvalue weighted by molar-refractivity contribution is -0.219. The van der Waals surface area contributed by atoms with E-state index < -0.39 is 132 Å². The van der Waals surface area contributed by atoms with Crippen LogP contribution in [-0.4, -0.2) is 101 Å². The van der Waals surface area contributed by atoms with Gasteiger partial charge in [-0.1, -0.05) is 51.0 Å². The number of phosphoric ester groups is 2. The molecule has 0 amide bonds. The molecule has 0 aromatic carbocycles. The van der Waals surface area contributed by atoms with Gasteiger partial charge in [0.15, 0.2) is 34.5 Å². The number of hydrogen-bond donors (Lipinski definition) is 6. The van der Waals surface area contributed by atoms with E-state index in [1.165, 1.54) is 36.5 Å². The first-order valence-corrected chi connectivity index (χ1v) is 24.7. The Morgan fingerprint density at radius 3 is 1.38 bits per heavy atom. The van der Waals surface area contributed by atoms with Crippen LogP contribution in [0.3, 0.4) is 0 Å². The van der Waals surface area contributed by atoms with Crippen molar-refractivity contribution in [3.63, 3.8) is 0 Å². The van der Waals surface area contributed by atoms with Gasteiger partial charge in [0.05, 0.1) is 12.2 Å². The van der Waals surface area contributed by atoms with Crippen molar-refractivity contribution in [3.05, 3.63) is 47.6 Å². The second-order valence-electron chi connectivity index (χ2n) is 20.7. The number of aliphatic hydroxyl groups is 4. The summed E-state index contributed by atoms with van der Waals surface area (Å²) in [4.78, 5) is 73.3. The van der Waals surface area contributed by atoms with Crippen LogP contribution in [-0.2, 0) is 41.7 Å². The quantitative estimate of drug-likeness (QED) is 0.157. The van der Waals surface area contributed by atoms with Crippen LogP contribution in [0.2, 0.25) is 0 Å². The Kier molecular flexibility index (Phi) is 10.9. The third-order valence-corrected chi connectivity index (χ3v) is 20.8. The minimum Gasteiger partial charge on any atom is -0.390 e. The van der Waals surface area contributed by atoms with E-state index in [4.69, 9.17) is 9.05 Å². The van der Waals surface area contributed by atoms with E-state index in [0.717, 1.165) is 0 Å². The molecule has 18 atom stereocenters. The number of halogens is 2. The van der Waals surface area contributed by atoms with Crippen LogP contribution in [0.25, 0.3) is 0 Å². The fourth-order valence-corrected chi connectivity index (χ4v) is 16.9. The molecule has 0 radical (unpaired) electrons. The van der Waals surface area contributed by atoms with Gasteiger partial charge in [-0.05, 0) is 113 Å². The fraction of sp³-hybridized carbons (Fsp3) is 0.727. The maximum absolute atomic E-state index is 17.5. The first-order chi connectivity index (χ1) is 28.9. The van der Waals surface area contributed by atoms with Gasteiger partial charge in [0, 0.05) is 33.5 Å². The highest BCUT2D eigenvalue weighted by atomic mass is 31.3. The number of phosphoric acid groups is 2. The number of rotatable bonds is 10. The maximum atomic E-state index is 17.5. The normalized spacial score (nSPS) is 50.4. The summed E-state index contributed by atoms with van der Waals surface area (Å²) in [6.07, 6.45) is 5.46. The molecule has 8 aliphatic rings. The zero-order valence-corrected chi connectivity index (χ0v) is 38.0. The molecule has 8 rings (SSSR count). The molecule has 63 heavy (non-hydrogen) atoms. The second kappa shape index (κ2) is 14.6. The van der Waals surface area contributed by atoms with Gasteiger partial charge in [-0.25, -0.2) is 17.9 Å². The number of carbonyl (C=O) groups is 4. The van der Waals surface area contributed by atoms with Crippen LogP contribution in [0.15, 0.2) is 47.6 Å². The standard InChI is InChI=1S/C44H58F2O15P2/c1-23-15-31-29-9-7-25-17-27(47)11-13-37(25,3)41(29,45)33(49)19-39(31,5)43(23,53)35(51)21-59-62(55,56)61-63(57,58)60-22-36(52)44(54)24(2)16-32-30-10-8-26-18-28(48)12-14-38(26,4)42(30,46)34(50)20-40(32,44)6/h11-14,17-18,23-24,29-34,49-50,53-54H,7-10,15-16,19-22H2,1-6H3,(H,55,56)(H,57,58)/t23-,24-,29-,30-,31-,32-,33-,34-,37-,38-,39-,40-,41-,42-,43-,44-/m0/s1. The SMILES string of the molecule is C[C@H]1C[C@H]2[C@@H]3CCC4=CC(=O)C=C[C@]4(C)[C@@]3(F)[C@@H](O)C[C@]2(C)[C@@]1(O)C(=O)COP(=O)(O)OP(=O)(O)OCC(=O)[C@@]1(O)[C@@H](C)C[C@H]2[C@@H]3CCC4=CC(=O)C=C[C@]4(C)[C@@]3(F)[C@@H](O)C[C@@]21C. The smallest absolute Gasteiger partial charge is 0.390 e. The lowest BCUT2D eigenvalue weighted by atomic mass is 9.44. The third-order valence-electron chi connectivity index (χ3n) is 18.2. The molecule has 348 valence electrons. The highest BCUT2D eigenvalue weighted by molar-refractivity contribution is 7.61. The minimum absolute atomic E-state index is 0.136. The molecule has 6 fully saturated rings. The zero-order chi connectivity index (χ0) is 46.5. The van der Waals surface area contributed by atoms with Crippen molar-refractivity contribution in [3.8, 4) is 0 Å². The van der Waals surface area contributed by atoms with Crippen LogP contribution >= 0.6 is 15.6 Å². The molecule has 0 aliphatic heterocycles. The summed E-state index contributed by atoms with van der Waals surface area (Å²) < 4.78 is 75.4. The number of aliphatic hydroxyl groups excluding tert-OH is 2. The van der Waals surface area contributed by atoms with Crippen molar-refractivity contribution in [1.82, 2.24) is 0 Å². The lowest BCUT2D eigenvalue weighted by Crippen LogP contribution is -2.69. The minimum atomic E-state index is -5.70. The van der Waals surface area contributed by atoms with Gasteiger partial charge in [-0.3, -0.25) is 28.2 Å². The van der Waals surface area contributed by atoms with Gasteiger partial charge in [0.25, 0.3) is 0 Å². The molecule has 15 nitrogen and oxygen atoms in total. The molecular formula is C44H58F2O15P2. The van der Waals surface area contributed by atoms with Gasteiger partial charge < -0.3 is 30.2 Å². The summed E-state index contributed by atoms with van der Waals surface area (Å²) in [7, 11) is -11.4. The Morgan fingerprint density at radius 2 is 1.03 bits per heavy atom. The van der Waals surface area contributed by atoms with E-state index in [9.17, 15) is 58.5 Å². The van der Waals surface area contributed by atoms with Crippen LogP contribution in [0.5, 0.6) is 0 Å².